The van der Waals surface area contributed by atoms with Crippen molar-refractivity contribution in [2.24, 2.45) is 5.92 Å². The van der Waals surface area contributed by atoms with E-state index in [1.54, 1.807) is 7.11 Å². The summed E-state index contributed by atoms with van der Waals surface area (Å²) in [6, 6.07) is 5.62. The van der Waals surface area contributed by atoms with Gasteiger partial charge >= 0.3 is 0 Å². The molecule has 2 rings (SSSR count). The number of amides is 1. The monoisotopic (exact) mass is 287 g/mol. The number of rotatable bonds is 3. The molecule has 0 aliphatic carbocycles. The van der Waals surface area contributed by atoms with Gasteiger partial charge in [0, 0.05) is 24.6 Å². The number of piperidine rings is 1. The third kappa shape index (κ3) is 3.77. The molecule has 1 N–H and O–H groups in total. The minimum atomic E-state index is -0.175. The van der Waals surface area contributed by atoms with Gasteiger partial charge in [0.25, 0.3) is 0 Å². The van der Waals surface area contributed by atoms with E-state index >= 15 is 0 Å². The van der Waals surface area contributed by atoms with E-state index in [1.807, 2.05) is 30.0 Å². The Morgan fingerprint density at radius 3 is 3.00 bits per heavy atom. The summed E-state index contributed by atoms with van der Waals surface area (Å²) >= 11 is 0. The Morgan fingerprint density at radius 2 is 2.29 bits per heavy atom. The quantitative estimate of drug-likeness (QED) is 0.862. The molecule has 1 amide bonds. The van der Waals surface area contributed by atoms with E-state index in [-0.39, 0.29) is 18.4 Å². The van der Waals surface area contributed by atoms with Crippen molar-refractivity contribution >= 4 is 5.91 Å². The van der Waals surface area contributed by atoms with Crippen LogP contribution >= 0.6 is 0 Å². The molecule has 1 aromatic rings. The number of hydrogen-bond donors (Lipinski definition) is 1. The molecule has 0 spiro atoms. The fourth-order valence-electron chi connectivity index (χ4n) is 2.58. The normalized spacial score (nSPS) is 18.1. The van der Waals surface area contributed by atoms with Gasteiger partial charge in [-0.25, -0.2) is 0 Å². The number of nitrogens with zero attached hydrogens (tertiary/aromatic N) is 1. The Hall–Kier alpha value is -1.99. The maximum atomic E-state index is 12.2. The zero-order valence-corrected chi connectivity index (χ0v) is 12.6. The number of aliphatic hydroxyl groups excluding tert-OH is 1. The van der Waals surface area contributed by atoms with E-state index in [9.17, 15) is 4.79 Å². The average Bonchev–Trinajstić information content (AvgIpc) is 2.50. The number of aliphatic hydroxyl groups is 1. The first-order chi connectivity index (χ1) is 10.2. The van der Waals surface area contributed by atoms with Crippen molar-refractivity contribution in [3.05, 3.63) is 29.3 Å². The molecule has 1 aromatic carbocycles. The van der Waals surface area contributed by atoms with E-state index in [2.05, 4.69) is 11.8 Å². The van der Waals surface area contributed by atoms with Gasteiger partial charge in [0.2, 0.25) is 5.91 Å². The molecule has 1 saturated heterocycles. The zero-order valence-electron chi connectivity index (χ0n) is 12.6. The Bertz CT molecular complexity index is 571. The molecule has 0 aromatic heterocycles. The topological polar surface area (TPSA) is 49.8 Å². The summed E-state index contributed by atoms with van der Waals surface area (Å²) in [6.45, 7) is 3.13. The third-order valence-electron chi connectivity index (χ3n) is 3.77. The van der Waals surface area contributed by atoms with Crippen molar-refractivity contribution in [2.75, 3.05) is 20.3 Å². The van der Waals surface area contributed by atoms with E-state index in [0.29, 0.717) is 6.54 Å². The maximum absolute atomic E-state index is 12.2. The smallest absolute Gasteiger partial charge is 0.225 e. The van der Waals surface area contributed by atoms with Gasteiger partial charge < -0.3 is 14.7 Å². The van der Waals surface area contributed by atoms with Crippen LogP contribution in [0.4, 0.5) is 0 Å². The van der Waals surface area contributed by atoms with Crippen LogP contribution in [0.3, 0.4) is 0 Å². The highest BCUT2D eigenvalue weighted by atomic mass is 16.5. The summed E-state index contributed by atoms with van der Waals surface area (Å²) in [5, 5.41) is 8.85. The summed E-state index contributed by atoms with van der Waals surface area (Å²) in [6.07, 6.45) is 2.00. The maximum Gasteiger partial charge on any atom is 0.225 e. The molecule has 0 saturated carbocycles. The van der Waals surface area contributed by atoms with Gasteiger partial charge in [-0.1, -0.05) is 18.8 Å². The molecule has 0 bridgehead atoms. The summed E-state index contributed by atoms with van der Waals surface area (Å²) in [5.41, 5.74) is 1.79. The molecule has 21 heavy (non-hydrogen) atoms. The zero-order chi connectivity index (χ0) is 15.2. The first kappa shape index (κ1) is 15.4. The molecular formula is C17H21NO3. The SMILES string of the molecule is COc1ccc(C#CCO)c(CN2CCCC(C)C2=O)c1. The summed E-state index contributed by atoms with van der Waals surface area (Å²) in [7, 11) is 1.62. The fourth-order valence-corrected chi connectivity index (χ4v) is 2.58. The van der Waals surface area contributed by atoms with Crippen LogP contribution in [0.2, 0.25) is 0 Å². The largest absolute Gasteiger partial charge is 0.497 e. The van der Waals surface area contributed by atoms with Crippen LogP contribution in [0.1, 0.15) is 30.9 Å². The van der Waals surface area contributed by atoms with Gasteiger partial charge in [-0.3, -0.25) is 4.79 Å². The lowest BCUT2D eigenvalue weighted by Crippen LogP contribution is -2.39. The Morgan fingerprint density at radius 1 is 1.48 bits per heavy atom. The lowest BCUT2D eigenvalue weighted by molar-refractivity contribution is -0.138. The summed E-state index contributed by atoms with van der Waals surface area (Å²) in [4.78, 5) is 14.1. The van der Waals surface area contributed by atoms with E-state index in [4.69, 9.17) is 9.84 Å². The van der Waals surface area contributed by atoms with Crippen molar-refractivity contribution in [3.8, 4) is 17.6 Å². The van der Waals surface area contributed by atoms with Crippen molar-refractivity contribution in [1.82, 2.24) is 4.90 Å². The minimum Gasteiger partial charge on any atom is -0.497 e. The number of carbonyl (C=O) groups is 1. The molecule has 1 aliphatic heterocycles. The first-order valence-corrected chi connectivity index (χ1v) is 7.21. The van der Waals surface area contributed by atoms with Crippen molar-refractivity contribution in [1.29, 1.82) is 0 Å². The third-order valence-corrected chi connectivity index (χ3v) is 3.77. The molecule has 1 atom stereocenters. The van der Waals surface area contributed by atoms with Crippen LogP contribution in [0.15, 0.2) is 18.2 Å². The van der Waals surface area contributed by atoms with Gasteiger partial charge in [-0.05, 0) is 36.6 Å². The van der Waals surface area contributed by atoms with Gasteiger partial charge in [-0.2, -0.15) is 0 Å². The van der Waals surface area contributed by atoms with Crippen molar-refractivity contribution < 1.29 is 14.6 Å². The van der Waals surface area contributed by atoms with Crippen LogP contribution < -0.4 is 4.74 Å². The molecule has 1 unspecified atom stereocenters. The second-order valence-electron chi connectivity index (χ2n) is 5.29. The Balaban J connectivity index is 2.26. The van der Waals surface area contributed by atoms with E-state index in [0.717, 1.165) is 36.3 Å². The van der Waals surface area contributed by atoms with Gasteiger partial charge in [0.15, 0.2) is 0 Å². The number of carbonyl (C=O) groups excluding carboxylic acids is 1. The van der Waals surface area contributed by atoms with Crippen molar-refractivity contribution in [2.45, 2.75) is 26.3 Å². The minimum absolute atomic E-state index is 0.0938. The van der Waals surface area contributed by atoms with Crippen LogP contribution in [-0.4, -0.2) is 36.2 Å². The highest BCUT2D eigenvalue weighted by molar-refractivity contribution is 5.79. The molecule has 4 nitrogen and oxygen atoms in total. The van der Waals surface area contributed by atoms with Crippen LogP contribution in [0, 0.1) is 17.8 Å². The standard InChI is InChI=1S/C17H21NO3/c1-13-5-3-9-18(17(13)20)12-15-11-16(21-2)8-7-14(15)6-4-10-19/h7-8,11,13,19H,3,5,9-10,12H2,1-2H3. The molecule has 4 heteroatoms. The predicted octanol–water partition coefficient (Wildman–Crippen LogP) is 1.80. The molecule has 112 valence electrons. The highest BCUT2D eigenvalue weighted by Gasteiger charge is 2.25. The van der Waals surface area contributed by atoms with Crippen LogP contribution in [0.25, 0.3) is 0 Å². The number of ether oxygens (including phenoxy) is 1. The number of likely N-dealkylation sites (tertiary alicyclic amines) is 1. The summed E-state index contributed by atoms with van der Waals surface area (Å²) < 4.78 is 5.25. The van der Waals surface area contributed by atoms with Gasteiger partial charge in [-0.15, -0.1) is 0 Å². The predicted molar refractivity (Wildman–Crippen MR) is 80.8 cm³/mol. The highest BCUT2D eigenvalue weighted by Crippen LogP contribution is 2.23. The van der Waals surface area contributed by atoms with Crippen molar-refractivity contribution in [3.63, 3.8) is 0 Å². The fraction of sp³-hybridized carbons (Fsp3) is 0.471. The average molecular weight is 287 g/mol. The van der Waals surface area contributed by atoms with E-state index < -0.39 is 0 Å². The molecule has 1 heterocycles. The lowest BCUT2D eigenvalue weighted by atomic mass is 9.98. The molecule has 0 radical (unpaired) electrons. The Labute approximate surface area is 125 Å². The second kappa shape index (κ2) is 7.14. The lowest BCUT2D eigenvalue weighted by Gasteiger charge is -2.31. The Kier molecular flexibility index (Phi) is 5.24. The second-order valence-corrected chi connectivity index (χ2v) is 5.29. The van der Waals surface area contributed by atoms with Gasteiger partial charge in [0.1, 0.15) is 12.4 Å². The van der Waals surface area contributed by atoms with Crippen LogP contribution in [-0.2, 0) is 11.3 Å². The van der Waals surface area contributed by atoms with E-state index in [1.165, 1.54) is 0 Å². The molecule has 1 aliphatic rings. The number of hydrogen-bond acceptors (Lipinski definition) is 3. The first-order valence-electron chi connectivity index (χ1n) is 7.21. The molecular weight excluding hydrogens is 266 g/mol. The molecule has 1 fully saturated rings. The van der Waals surface area contributed by atoms with Gasteiger partial charge in [0.05, 0.1) is 7.11 Å². The summed E-state index contributed by atoms with van der Waals surface area (Å²) in [5.74, 6) is 6.64. The van der Waals surface area contributed by atoms with Crippen LogP contribution in [0.5, 0.6) is 5.75 Å². The number of benzene rings is 1. The number of methoxy groups -OCH3 is 1.